The van der Waals surface area contributed by atoms with E-state index in [4.69, 9.17) is 5.14 Å². The molecule has 0 unspecified atom stereocenters. The van der Waals surface area contributed by atoms with Gasteiger partial charge in [0.1, 0.15) is 5.82 Å². The largest absolute Gasteiger partial charge is 0.319 e. The number of rotatable bonds is 7. The number of sulfonamides is 1. The molecule has 0 saturated carbocycles. The SMILES string of the molecule is CCn1c(SCC(=O)Nc2ccnn2C(C)C)nc2cc(S(N)(=O)=O)ccc21. The topological polar surface area (TPSA) is 125 Å². The van der Waals surface area contributed by atoms with E-state index >= 15 is 0 Å². The normalized spacial score (nSPS) is 12.0. The summed E-state index contributed by atoms with van der Waals surface area (Å²) in [6.45, 7) is 6.56. The van der Waals surface area contributed by atoms with Gasteiger partial charge < -0.3 is 9.88 Å². The van der Waals surface area contributed by atoms with E-state index in [0.29, 0.717) is 23.0 Å². The van der Waals surface area contributed by atoms with Crippen molar-refractivity contribution in [2.24, 2.45) is 5.14 Å². The molecule has 2 aromatic heterocycles. The van der Waals surface area contributed by atoms with Gasteiger partial charge in [0.2, 0.25) is 15.9 Å². The second-order valence-corrected chi connectivity index (χ2v) is 8.93. The molecule has 9 nitrogen and oxygen atoms in total. The molecule has 0 aliphatic carbocycles. The summed E-state index contributed by atoms with van der Waals surface area (Å²) in [6, 6.07) is 6.47. The number of benzene rings is 1. The molecule has 0 fully saturated rings. The Bertz CT molecular complexity index is 1120. The highest BCUT2D eigenvalue weighted by Gasteiger charge is 2.16. The summed E-state index contributed by atoms with van der Waals surface area (Å²) >= 11 is 1.28. The Morgan fingerprint density at radius 1 is 1.32 bits per heavy atom. The molecule has 2 heterocycles. The maximum atomic E-state index is 12.4. The van der Waals surface area contributed by atoms with Crippen LogP contribution in [0.3, 0.4) is 0 Å². The van der Waals surface area contributed by atoms with E-state index in [1.807, 2.05) is 25.3 Å². The van der Waals surface area contributed by atoms with E-state index in [0.717, 1.165) is 5.52 Å². The lowest BCUT2D eigenvalue weighted by atomic mass is 10.3. The first kappa shape index (κ1) is 20.4. The van der Waals surface area contributed by atoms with Crippen molar-refractivity contribution in [1.29, 1.82) is 0 Å². The van der Waals surface area contributed by atoms with Gasteiger partial charge in [0.15, 0.2) is 5.16 Å². The Hall–Kier alpha value is -2.37. The van der Waals surface area contributed by atoms with Crippen LogP contribution < -0.4 is 10.5 Å². The zero-order valence-electron chi connectivity index (χ0n) is 15.8. The van der Waals surface area contributed by atoms with Crippen LogP contribution in [0, 0.1) is 0 Å². The number of aromatic nitrogens is 4. The Labute approximate surface area is 167 Å². The van der Waals surface area contributed by atoms with Crippen LogP contribution in [0.25, 0.3) is 11.0 Å². The van der Waals surface area contributed by atoms with Crippen LogP contribution in [0.15, 0.2) is 40.5 Å². The Morgan fingerprint density at radius 3 is 2.71 bits per heavy atom. The second kappa shape index (κ2) is 7.94. The van der Waals surface area contributed by atoms with Crippen LogP contribution >= 0.6 is 11.8 Å². The minimum absolute atomic E-state index is 0.0111. The molecule has 3 N–H and O–H groups in total. The minimum Gasteiger partial charge on any atom is -0.319 e. The van der Waals surface area contributed by atoms with E-state index in [1.165, 1.54) is 23.9 Å². The summed E-state index contributed by atoms with van der Waals surface area (Å²) in [6.07, 6.45) is 1.64. The zero-order valence-corrected chi connectivity index (χ0v) is 17.4. The summed E-state index contributed by atoms with van der Waals surface area (Å²) in [5.74, 6) is 0.629. The van der Waals surface area contributed by atoms with Crippen molar-refractivity contribution in [3.63, 3.8) is 0 Å². The third kappa shape index (κ3) is 4.21. The van der Waals surface area contributed by atoms with Crippen molar-refractivity contribution < 1.29 is 13.2 Å². The number of thioether (sulfide) groups is 1. The van der Waals surface area contributed by atoms with Crippen molar-refractivity contribution in [2.45, 2.75) is 43.4 Å². The van der Waals surface area contributed by atoms with E-state index in [-0.39, 0.29) is 22.6 Å². The number of amides is 1. The molecule has 0 aliphatic rings. The summed E-state index contributed by atoms with van der Waals surface area (Å²) in [5.41, 5.74) is 1.31. The molecule has 150 valence electrons. The van der Waals surface area contributed by atoms with Crippen LogP contribution in [-0.4, -0.2) is 39.4 Å². The van der Waals surface area contributed by atoms with Gasteiger partial charge >= 0.3 is 0 Å². The maximum Gasteiger partial charge on any atom is 0.238 e. The molecule has 1 amide bonds. The van der Waals surface area contributed by atoms with Crippen LogP contribution in [0.4, 0.5) is 5.82 Å². The van der Waals surface area contributed by atoms with Crippen molar-refractivity contribution in [2.75, 3.05) is 11.1 Å². The van der Waals surface area contributed by atoms with Gasteiger partial charge in [-0.15, -0.1) is 0 Å². The molecular formula is C17H22N6O3S2. The lowest BCUT2D eigenvalue weighted by Gasteiger charge is -2.11. The summed E-state index contributed by atoms with van der Waals surface area (Å²) in [5, 5.41) is 12.9. The zero-order chi connectivity index (χ0) is 20.5. The molecule has 28 heavy (non-hydrogen) atoms. The van der Waals surface area contributed by atoms with Gasteiger partial charge in [0.05, 0.1) is 27.9 Å². The highest BCUT2D eigenvalue weighted by Crippen LogP contribution is 2.26. The fraction of sp³-hybridized carbons (Fsp3) is 0.353. The third-order valence-electron chi connectivity index (χ3n) is 4.09. The maximum absolute atomic E-state index is 12.4. The lowest BCUT2D eigenvalue weighted by molar-refractivity contribution is -0.113. The number of hydrogen-bond acceptors (Lipinski definition) is 6. The molecule has 0 radical (unpaired) electrons. The molecule has 0 aliphatic heterocycles. The average molecular weight is 423 g/mol. The van der Waals surface area contributed by atoms with E-state index in [9.17, 15) is 13.2 Å². The fourth-order valence-electron chi connectivity index (χ4n) is 2.81. The Morgan fingerprint density at radius 2 is 2.07 bits per heavy atom. The van der Waals surface area contributed by atoms with Gasteiger partial charge in [-0.1, -0.05) is 11.8 Å². The third-order valence-corrected chi connectivity index (χ3v) is 5.98. The number of carbonyl (C=O) groups is 1. The number of nitrogens with two attached hydrogens (primary N) is 1. The van der Waals surface area contributed by atoms with E-state index in [1.54, 1.807) is 23.0 Å². The number of hydrogen-bond donors (Lipinski definition) is 2. The van der Waals surface area contributed by atoms with Crippen LogP contribution in [0.2, 0.25) is 0 Å². The summed E-state index contributed by atoms with van der Waals surface area (Å²) in [7, 11) is -3.80. The van der Waals surface area contributed by atoms with Crippen molar-refractivity contribution in [1.82, 2.24) is 19.3 Å². The number of aryl methyl sites for hydroxylation is 1. The molecular weight excluding hydrogens is 400 g/mol. The smallest absolute Gasteiger partial charge is 0.238 e. The van der Waals surface area contributed by atoms with Gasteiger partial charge in [-0.25, -0.2) is 23.2 Å². The molecule has 11 heteroatoms. The van der Waals surface area contributed by atoms with E-state index in [2.05, 4.69) is 15.4 Å². The average Bonchev–Trinajstić information content (AvgIpc) is 3.22. The number of fused-ring (bicyclic) bond motifs is 1. The molecule has 0 saturated heterocycles. The molecule has 0 atom stereocenters. The summed E-state index contributed by atoms with van der Waals surface area (Å²) < 4.78 is 26.8. The minimum atomic E-state index is -3.80. The number of nitrogens with one attached hydrogen (secondary N) is 1. The van der Waals surface area contributed by atoms with Gasteiger partial charge in [-0.05, 0) is 39.0 Å². The van der Waals surface area contributed by atoms with Crippen LogP contribution in [0.5, 0.6) is 0 Å². The molecule has 1 aromatic carbocycles. The number of imidazole rings is 1. The lowest BCUT2D eigenvalue weighted by Crippen LogP contribution is -2.18. The number of carbonyl (C=O) groups excluding carboxylic acids is 1. The van der Waals surface area contributed by atoms with Crippen LogP contribution in [-0.2, 0) is 21.4 Å². The molecule has 0 bridgehead atoms. The van der Waals surface area contributed by atoms with Gasteiger partial charge in [-0.3, -0.25) is 4.79 Å². The van der Waals surface area contributed by atoms with Gasteiger partial charge in [0.25, 0.3) is 0 Å². The van der Waals surface area contributed by atoms with Gasteiger partial charge in [-0.2, -0.15) is 5.10 Å². The summed E-state index contributed by atoms with van der Waals surface area (Å²) in [4.78, 5) is 16.8. The quantitative estimate of drug-likeness (QED) is 0.563. The number of primary sulfonamides is 1. The first-order chi connectivity index (χ1) is 13.2. The van der Waals surface area contributed by atoms with E-state index < -0.39 is 10.0 Å². The standard InChI is InChI=1S/C17H22N6O3S2/c1-4-22-14-6-5-12(28(18,25)26)9-13(14)20-17(22)27-10-16(24)21-15-7-8-19-23(15)11(2)3/h5-9,11H,4,10H2,1-3H3,(H,21,24)(H2,18,25,26). The van der Waals surface area contributed by atoms with Crippen LogP contribution in [0.1, 0.15) is 26.8 Å². The van der Waals surface area contributed by atoms with Gasteiger partial charge in [0, 0.05) is 18.7 Å². The second-order valence-electron chi connectivity index (χ2n) is 6.43. The first-order valence-electron chi connectivity index (χ1n) is 8.70. The molecule has 0 spiro atoms. The van der Waals surface area contributed by atoms with Crippen molar-refractivity contribution in [3.05, 3.63) is 30.5 Å². The Kier molecular flexibility index (Phi) is 5.77. The monoisotopic (exact) mass is 422 g/mol. The van der Waals surface area contributed by atoms with Crippen molar-refractivity contribution in [3.8, 4) is 0 Å². The van der Waals surface area contributed by atoms with Crippen molar-refractivity contribution >= 4 is 44.5 Å². The number of anilines is 1. The molecule has 3 aromatic rings. The predicted octanol–water partition coefficient (Wildman–Crippen LogP) is 2.21. The highest BCUT2D eigenvalue weighted by molar-refractivity contribution is 7.99. The fourth-order valence-corrected chi connectivity index (χ4v) is 4.23. The number of nitrogens with zero attached hydrogens (tertiary/aromatic N) is 4. The Balaban J connectivity index is 1.78. The highest BCUT2D eigenvalue weighted by atomic mass is 32.2. The predicted molar refractivity (Wildman–Crippen MR) is 109 cm³/mol. The first-order valence-corrected chi connectivity index (χ1v) is 11.2. The molecule has 3 rings (SSSR count).